The molecule has 0 unspecified atom stereocenters. The number of nitrogens with zero attached hydrogens (tertiary/aromatic N) is 4. The molecule has 0 fully saturated rings. The number of aryl methyl sites for hydroxylation is 3. The maximum atomic E-state index is 4.51. The Hall–Kier alpha value is -1.40. The lowest BCUT2D eigenvalue weighted by Gasteiger charge is -2.07. The fourth-order valence-electron chi connectivity index (χ4n) is 1.96. The van der Waals surface area contributed by atoms with E-state index in [9.17, 15) is 0 Å². The second-order valence-electron chi connectivity index (χ2n) is 4.75. The Labute approximate surface area is 124 Å². The van der Waals surface area contributed by atoms with Gasteiger partial charge < -0.3 is 5.32 Å². The molecule has 1 N–H and O–H groups in total. The van der Waals surface area contributed by atoms with Gasteiger partial charge in [0, 0.05) is 31.0 Å². The lowest BCUT2D eigenvalue weighted by molar-refractivity contribution is 0.652. The molecule has 108 valence electrons. The van der Waals surface area contributed by atoms with Crippen LogP contribution in [0.2, 0.25) is 0 Å². The van der Waals surface area contributed by atoms with Gasteiger partial charge in [0.1, 0.15) is 5.03 Å². The van der Waals surface area contributed by atoms with Gasteiger partial charge in [0.05, 0.1) is 5.69 Å². The van der Waals surface area contributed by atoms with Crippen LogP contribution < -0.4 is 5.32 Å². The SMILES string of the molecule is CCCNCc1c(C)nn(C)c1Sc1nccc(C)n1. The minimum atomic E-state index is 0.768. The van der Waals surface area contributed by atoms with Gasteiger partial charge in [0.25, 0.3) is 0 Å². The van der Waals surface area contributed by atoms with E-state index in [1.807, 2.05) is 31.6 Å². The summed E-state index contributed by atoms with van der Waals surface area (Å²) in [6.45, 7) is 8.04. The van der Waals surface area contributed by atoms with E-state index in [1.165, 1.54) is 5.56 Å². The van der Waals surface area contributed by atoms with E-state index in [0.717, 1.165) is 41.1 Å². The van der Waals surface area contributed by atoms with Gasteiger partial charge >= 0.3 is 0 Å². The van der Waals surface area contributed by atoms with Crippen LogP contribution in [-0.2, 0) is 13.6 Å². The summed E-state index contributed by atoms with van der Waals surface area (Å²) in [5, 5.41) is 9.82. The predicted octanol–water partition coefficient (Wildman–Crippen LogP) is 2.48. The van der Waals surface area contributed by atoms with E-state index in [4.69, 9.17) is 0 Å². The summed E-state index contributed by atoms with van der Waals surface area (Å²) in [4.78, 5) is 8.76. The summed E-state index contributed by atoms with van der Waals surface area (Å²) in [5.74, 6) is 0. The van der Waals surface area contributed by atoms with Gasteiger partial charge in [-0.05, 0) is 44.6 Å². The molecule has 0 atom stereocenters. The minimum absolute atomic E-state index is 0.768. The Morgan fingerprint density at radius 1 is 1.35 bits per heavy atom. The van der Waals surface area contributed by atoms with Crippen LogP contribution in [0.1, 0.15) is 30.3 Å². The van der Waals surface area contributed by atoms with Crippen molar-refractivity contribution >= 4 is 11.8 Å². The van der Waals surface area contributed by atoms with Crippen molar-refractivity contribution in [3.8, 4) is 0 Å². The van der Waals surface area contributed by atoms with Crippen LogP contribution in [0, 0.1) is 13.8 Å². The van der Waals surface area contributed by atoms with Crippen molar-refractivity contribution in [2.24, 2.45) is 7.05 Å². The fourth-order valence-corrected chi connectivity index (χ4v) is 2.96. The molecule has 0 aliphatic carbocycles. The molecule has 2 aromatic rings. The summed E-state index contributed by atoms with van der Waals surface area (Å²) in [6.07, 6.45) is 2.92. The second-order valence-corrected chi connectivity index (χ2v) is 5.71. The molecule has 5 nitrogen and oxygen atoms in total. The van der Waals surface area contributed by atoms with Gasteiger partial charge in [-0.25, -0.2) is 9.97 Å². The quantitative estimate of drug-likeness (QED) is 0.654. The molecule has 2 aromatic heterocycles. The van der Waals surface area contributed by atoms with Crippen molar-refractivity contribution < 1.29 is 0 Å². The molecule has 0 saturated carbocycles. The second kappa shape index (κ2) is 6.85. The highest BCUT2D eigenvalue weighted by molar-refractivity contribution is 7.99. The average molecular weight is 291 g/mol. The van der Waals surface area contributed by atoms with Crippen molar-refractivity contribution in [3.63, 3.8) is 0 Å². The summed E-state index contributed by atoms with van der Waals surface area (Å²) in [5.41, 5.74) is 3.27. The van der Waals surface area contributed by atoms with Crippen molar-refractivity contribution in [3.05, 3.63) is 29.2 Å². The molecule has 0 aliphatic rings. The third-order valence-electron chi connectivity index (χ3n) is 2.98. The van der Waals surface area contributed by atoms with Crippen molar-refractivity contribution in [2.45, 2.75) is 43.9 Å². The maximum absolute atomic E-state index is 4.51. The molecule has 0 aromatic carbocycles. The summed E-state index contributed by atoms with van der Waals surface area (Å²) in [7, 11) is 1.97. The number of aromatic nitrogens is 4. The topological polar surface area (TPSA) is 55.6 Å². The summed E-state index contributed by atoms with van der Waals surface area (Å²) < 4.78 is 1.91. The van der Waals surface area contributed by atoms with Crippen LogP contribution in [0.15, 0.2) is 22.4 Å². The van der Waals surface area contributed by atoms with Crippen molar-refractivity contribution in [1.29, 1.82) is 0 Å². The maximum Gasteiger partial charge on any atom is 0.194 e. The zero-order valence-corrected chi connectivity index (χ0v) is 13.3. The van der Waals surface area contributed by atoms with Crippen LogP contribution in [0.4, 0.5) is 0 Å². The van der Waals surface area contributed by atoms with Crippen LogP contribution >= 0.6 is 11.8 Å². The van der Waals surface area contributed by atoms with E-state index in [1.54, 1.807) is 18.0 Å². The predicted molar refractivity (Wildman–Crippen MR) is 80.8 cm³/mol. The number of hydrogen-bond acceptors (Lipinski definition) is 5. The number of hydrogen-bond donors (Lipinski definition) is 1. The zero-order chi connectivity index (χ0) is 14.5. The Kier molecular flexibility index (Phi) is 5.14. The molecule has 6 heteroatoms. The van der Waals surface area contributed by atoms with Gasteiger partial charge in [-0.1, -0.05) is 6.92 Å². The normalized spacial score (nSPS) is 11.0. The molecular formula is C14H21N5S. The first-order valence-corrected chi connectivity index (χ1v) is 7.64. The first-order chi connectivity index (χ1) is 9.61. The average Bonchev–Trinajstić information content (AvgIpc) is 2.66. The third kappa shape index (κ3) is 3.58. The van der Waals surface area contributed by atoms with Crippen LogP contribution in [-0.4, -0.2) is 26.3 Å². The molecule has 0 amide bonds. The van der Waals surface area contributed by atoms with E-state index >= 15 is 0 Å². The third-order valence-corrected chi connectivity index (χ3v) is 4.06. The van der Waals surface area contributed by atoms with E-state index in [2.05, 4.69) is 27.3 Å². The van der Waals surface area contributed by atoms with E-state index < -0.39 is 0 Å². The van der Waals surface area contributed by atoms with Crippen LogP contribution in [0.5, 0.6) is 0 Å². The molecule has 20 heavy (non-hydrogen) atoms. The highest BCUT2D eigenvalue weighted by Crippen LogP contribution is 2.29. The zero-order valence-electron chi connectivity index (χ0n) is 12.5. The molecule has 2 heterocycles. The standard InChI is InChI=1S/C14H21N5S/c1-5-7-15-9-12-11(3)18-19(4)13(12)20-14-16-8-6-10(2)17-14/h6,8,15H,5,7,9H2,1-4H3. The molecule has 0 radical (unpaired) electrons. The lowest BCUT2D eigenvalue weighted by atomic mass is 10.2. The van der Waals surface area contributed by atoms with Gasteiger partial charge in [-0.15, -0.1) is 0 Å². The van der Waals surface area contributed by atoms with Gasteiger partial charge in [0.2, 0.25) is 0 Å². The first-order valence-electron chi connectivity index (χ1n) is 6.82. The molecular weight excluding hydrogens is 270 g/mol. The fraction of sp³-hybridized carbons (Fsp3) is 0.500. The molecule has 0 aliphatic heterocycles. The van der Waals surface area contributed by atoms with Crippen molar-refractivity contribution in [1.82, 2.24) is 25.1 Å². The largest absolute Gasteiger partial charge is 0.313 e. The van der Waals surface area contributed by atoms with Crippen LogP contribution in [0.25, 0.3) is 0 Å². The van der Waals surface area contributed by atoms with E-state index in [-0.39, 0.29) is 0 Å². The molecule has 0 spiro atoms. The summed E-state index contributed by atoms with van der Waals surface area (Å²) >= 11 is 1.57. The molecule has 2 rings (SSSR count). The van der Waals surface area contributed by atoms with E-state index in [0.29, 0.717) is 0 Å². The highest BCUT2D eigenvalue weighted by Gasteiger charge is 2.15. The Bertz CT molecular complexity index is 579. The summed E-state index contributed by atoms with van der Waals surface area (Å²) in [6, 6.07) is 1.91. The van der Waals surface area contributed by atoms with Gasteiger partial charge in [0.15, 0.2) is 5.16 Å². The van der Waals surface area contributed by atoms with Crippen LogP contribution in [0.3, 0.4) is 0 Å². The Morgan fingerprint density at radius 3 is 2.85 bits per heavy atom. The van der Waals surface area contributed by atoms with Gasteiger partial charge in [-0.3, -0.25) is 4.68 Å². The Morgan fingerprint density at radius 2 is 2.15 bits per heavy atom. The highest BCUT2D eigenvalue weighted by atomic mass is 32.2. The molecule has 0 saturated heterocycles. The van der Waals surface area contributed by atoms with Crippen molar-refractivity contribution in [2.75, 3.05) is 6.54 Å². The smallest absolute Gasteiger partial charge is 0.194 e. The number of nitrogens with one attached hydrogen (secondary N) is 1. The first kappa shape index (κ1) is 15.0. The van der Waals surface area contributed by atoms with Gasteiger partial charge in [-0.2, -0.15) is 5.10 Å². The number of rotatable bonds is 6. The lowest BCUT2D eigenvalue weighted by Crippen LogP contribution is -2.14. The monoisotopic (exact) mass is 291 g/mol. The Balaban J connectivity index is 2.21. The minimum Gasteiger partial charge on any atom is -0.313 e. The molecule has 0 bridgehead atoms.